The topological polar surface area (TPSA) is 15.3 Å². The van der Waals surface area contributed by atoms with Gasteiger partial charge < -0.3 is 5.32 Å². The molecule has 2 aliphatic carbocycles. The SMILES string of the molecule is c1ccc([C@@H]2CCCCC2C2CC(N3CCNCC3)C2)cc1. The van der Waals surface area contributed by atoms with E-state index in [0.717, 1.165) is 23.8 Å². The van der Waals surface area contributed by atoms with E-state index < -0.39 is 0 Å². The van der Waals surface area contributed by atoms with Gasteiger partial charge in [0.2, 0.25) is 0 Å². The van der Waals surface area contributed by atoms with Crippen molar-refractivity contribution in [2.24, 2.45) is 11.8 Å². The van der Waals surface area contributed by atoms with E-state index in [1.807, 2.05) is 0 Å². The Morgan fingerprint density at radius 2 is 1.64 bits per heavy atom. The molecule has 0 aromatic heterocycles. The molecule has 22 heavy (non-hydrogen) atoms. The maximum atomic E-state index is 3.48. The summed E-state index contributed by atoms with van der Waals surface area (Å²) in [5.74, 6) is 2.78. The fourth-order valence-electron chi connectivity index (χ4n) is 5.16. The first-order valence-corrected chi connectivity index (χ1v) is 9.41. The molecule has 2 saturated carbocycles. The number of nitrogens with one attached hydrogen (secondary N) is 1. The van der Waals surface area contributed by atoms with Crippen molar-refractivity contribution in [2.75, 3.05) is 26.2 Å². The van der Waals surface area contributed by atoms with Gasteiger partial charge in [-0.15, -0.1) is 0 Å². The average molecular weight is 298 g/mol. The first-order valence-electron chi connectivity index (χ1n) is 9.41. The molecule has 0 bridgehead atoms. The van der Waals surface area contributed by atoms with E-state index in [0.29, 0.717) is 0 Å². The Morgan fingerprint density at radius 3 is 2.41 bits per heavy atom. The zero-order valence-electron chi connectivity index (χ0n) is 13.7. The predicted molar refractivity (Wildman–Crippen MR) is 92.1 cm³/mol. The number of nitrogens with zero attached hydrogens (tertiary/aromatic N) is 1. The van der Waals surface area contributed by atoms with Crippen LogP contribution >= 0.6 is 0 Å². The van der Waals surface area contributed by atoms with Crippen LogP contribution in [-0.4, -0.2) is 37.1 Å². The summed E-state index contributed by atoms with van der Waals surface area (Å²) in [5, 5.41) is 3.48. The summed E-state index contributed by atoms with van der Waals surface area (Å²) in [5.41, 5.74) is 1.61. The van der Waals surface area contributed by atoms with E-state index in [4.69, 9.17) is 0 Å². The molecule has 0 amide bonds. The van der Waals surface area contributed by atoms with E-state index in [1.54, 1.807) is 5.56 Å². The smallest absolute Gasteiger partial charge is 0.0110 e. The Labute approximate surface area is 135 Å². The minimum absolute atomic E-state index is 0.837. The van der Waals surface area contributed by atoms with Crippen LogP contribution in [0.3, 0.4) is 0 Å². The molecule has 1 aromatic carbocycles. The van der Waals surface area contributed by atoms with Crippen LogP contribution in [-0.2, 0) is 0 Å². The van der Waals surface area contributed by atoms with Crippen LogP contribution in [0.2, 0.25) is 0 Å². The van der Waals surface area contributed by atoms with Crippen molar-refractivity contribution in [2.45, 2.75) is 50.5 Å². The standard InChI is InChI=1S/C20H30N2/c1-2-6-16(7-3-1)19-8-4-5-9-20(19)17-14-18(15-17)22-12-10-21-11-13-22/h1-3,6-7,17-21H,4-5,8-15H2/t17?,18?,19-,20?/m0/s1. The minimum Gasteiger partial charge on any atom is -0.314 e. The van der Waals surface area contributed by atoms with Crippen molar-refractivity contribution in [1.29, 1.82) is 0 Å². The fraction of sp³-hybridized carbons (Fsp3) is 0.700. The third-order valence-corrected chi connectivity index (χ3v) is 6.47. The van der Waals surface area contributed by atoms with Gasteiger partial charge in [0, 0.05) is 32.2 Å². The molecule has 120 valence electrons. The Hall–Kier alpha value is -0.860. The second kappa shape index (κ2) is 6.72. The summed E-state index contributed by atoms with van der Waals surface area (Å²) < 4.78 is 0. The molecule has 1 heterocycles. The van der Waals surface area contributed by atoms with E-state index >= 15 is 0 Å². The van der Waals surface area contributed by atoms with Crippen molar-refractivity contribution in [3.05, 3.63) is 35.9 Å². The molecule has 2 atom stereocenters. The zero-order valence-corrected chi connectivity index (χ0v) is 13.7. The Balaban J connectivity index is 1.39. The van der Waals surface area contributed by atoms with Crippen LogP contribution in [0, 0.1) is 11.8 Å². The van der Waals surface area contributed by atoms with Gasteiger partial charge in [-0.3, -0.25) is 4.90 Å². The second-order valence-electron chi connectivity index (χ2n) is 7.64. The summed E-state index contributed by atoms with van der Waals surface area (Å²) in [6, 6.07) is 12.2. The molecule has 1 saturated heterocycles. The fourth-order valence-corrected chi connectivity index (χ4v) is 5.16. The van der Waals surface area contributed by atoms with Gasteiger partial charge >= 0.3 is 0 Å². The molecule has 1 unspecified atom stereocenters. The average Bonchev–Trinajstić information content (AvgIpc) is 2.56. The quantitative estimate of drug-likeness (QED) is 0.916. The third kappa shape index (κ3) is 2.96. The Morgan fingerprint density at radius 1 is 0.909 bits per heavy atom. The Kier molecular flexibility index (Phi) is 4.49. The third-order valence-electron chi connectivity index (χ3n) is 6.47. The van der Waals surface area contributed by atoms with Crippen molar-refractivity contribution in [1.82, 2.24) is 10.2 Å². The van der Waals surface area contributed by atoms with Crippen LogP contribution in [0.25, 0.3) is 0 Å². The van der Waals surface area contributed by atoms with Crippen molar-refractivity contribution >= 4 is 0 Å². The predicted octanol–water partition coefficient (Wildman–Crippen LogP) is 3.64. The summed E-state index contributed by atoms with van der Waals surface area (Å²) in [4.78, 5) is 2.74. The highest BCUT2D eigenvalue weighted by Crippen LogP contribution is 2.49. The van der Waals surface area contributed by atoms with E-state index in [2.05, 4.69) is 40.5 Å². The lowest BCUT2D eigenvalue weighted by atomic mass is 9.62. The Bertz CT molecular complexity index is 460. The number of piperazine rings is 1. The van der Waals surface area contributed by atoms with Crippen LogP contribution in [0.4, 0.5) is 0 Å². The van der Waals surface area contributed by atoms with Crippen LogP contribution in [0.1, 0.15) is 50.0 Å². The lowest BCUT2D eigenvalue weighted by Crippen LogP contribution is -2.54. The van der Waals surface area contributed by atoms with Gasteiger partial charge in [0.15, 0.2) is 0 Å². The highest BCUT2D eigenvalue weighted by molar-refractivity contribution is 5.21. The summed E-state index contributed by atoms with van der Waals surface area (Å²) in [6.45, 7) is 4.92. The van der Waals surface area contributed by atoms with Crippen molar-refractivity contribution < 1.29 is 0 Å². The molecule has 1 aliphatic heterocycles. The highest BCUT2D eigenvalue weighted by atomic mass is 15.2. The van der Waals surface area contributed by atoms with Crippen molar-refractivity contribution in [3.8, 4) is 0 Å². The molecule has 2 heteroatoms. The van der Waals surface area contributed by atoms with E-state index in [1.165, 1.54) is 64.7 Å². The van der Waals surface area contributed by atoms with Gasteiger partial charge in [-0.05, 0) is 49.0 Å². The molecular formula is C20H30N2. The van der Waals surface area contributed by atoms with Gasteiger partial charge in [-0.2, -0.15) is 0 Å². The first kappa shape index (κ1) is 14.7. The molecule has 1 N–H and O–H groups in total. The van der Waals surface area contributed by atoms with Gasteiger partial charge in [0.1, 0.15) is 0 Å². The molecule has 1 aromatic rings. The van der Waals surface area contributed by atoms with Crippen LogP contribution < -0.4 is 5.32 Å². The maximum absolute atomic E-state index is 3.48. The van der Waals surface area contributed by atoms with Gasteiger partial charge in [-0.1, -0.05) is 43.2 Å². The number of hydrogen-bond donors (Lipinski definition) is 1. The number of benzene rings is 1. The zero-order chi connectivity index (χ0) is 14.8. The lowest BCUT2D eigenvalue weighted by Gasteiger charge is -2.50. The summed E-state index contributed by atoms with van der Waals surface area (Å²) in [7, 11) is 0. The number of hydrogen-bond acceptors (Lipinski definition) is 2. The van der Waals surface area contributed by atoms with E-state index in [9.17, 15) is 0 Å². The summed E-state index contributed by atoms with van der Waals surface area (Å²) in [6.07, 6.45) is 8.72. The maximum Gasteiger partial charge on any atom is 0.0110 e. The van der Waals surface area contributed by atoms with Gasteiger partial charge in [0.05, 0.1) is 0 Å². The monoisotopic (exact) mass is 298 g/mol. The molecule has 3 fully saturated rings. The molecule has 3 aliphatic rings. The second-order valence-corrected chi connectivity index (χ2v) is 7.64. The lowest BCUT2D eigenvalue weighted by molar-refractivity contribution is 0.0225. The molecule has 2 nitrogen and oxygen atoms in total. The normalized spacial score (nSPS) is 36.7. The molecule has 4 rings (SSSR count). The van der Waals surface area contributed by atoms with Gasteiger partial charge in [-0.25, -0.2) is 0 Å². The molecule has 0 spiro atoms. The summed E-state index contributed by atoms with van der Waals surface area (Å²) >= 11 is 0. The minimum atomic E-state index is 0.837. The van der Waals surface area contributed by atoms with E-state index in [-0.39, 0.29) is 0 Å². The molecule has 0 radical (unpaired) electrons. The van der Waals surface area contributed by atoms with Crippen molar-refractivity contribution in [3.63, 3.8) is 0 Å². The highest BCUT2D eigenvalue weighted by Gasteiger charge is 2.42. The molecular weight excluding hydrogens is 268 g/mol. The van der Waals surface area contributed by atoms with Crippen LogP contribution in [0.5, 0.6) is 0 Å². The van der Waals surface area contributed by atoms with Crippen LogP contribution in [0.15, 0.2) is 30.3 Å². The first-order chi connectivity index (χ1) is 10.9. The number of rotatable bonds is 3. The van der Waals surface area contributed by atoms with Gasteiger partial charge in [0.25, 0.3) is 0 Å². The largest absolute Gasteiger partial charge is 0.314 e.